The highest BCUT2D eigenvalue weighted by molar-refractivity contribution is 5.83. The van der Waals surface area contributed by atoms with Crippen molar-refractivity contribution < 1.29 is 0 Å². The van der Waals surface area contributed by atoms with Crippen LogP contribution < -0.4 is 0 Å². The first-order valence-corrected chi connectivity index (χ1v) is 7.68. The Morgan fingerprint density at radius 1 is 0.905 bits per heavy atom. The third-order valence-corrected chi connectivity index (χ3v) is 3.84. The summed E-state index contributed by atoms with van der Waals surface area (Å²) in [5.41, 5.74) is 4.77. The van der Waals surface area contributed by atoms with Crippen LogP contribution in [0.3, 0.4) is 0 Å². The molecule has 0 aliphatic carbocycles. The molecule has 1 nitrogen and oxygen atoms in total. The summed E-state index contributed by atoms with van der Waals surface area (Å²) in [6.07, 6.45) is 2.28. The predicted octanol–water partition coefficient (Wildman–Crippen LogP) is 5.49. The lowest BCUT2D eigenvalue weighted by atomic mass is 9.97. The number of pyridine rings is 1. The molecule has 2 aromatic carbocycles. The summed E-state index contributed by atoms with van der Waals surface area (Å²) in [5.74, 6) is 0.708. The molecular formula is C20H21N. The van der Waals surface area contributed by atoms with Crippen LogP contribution in [0.2, 0.25) is 0 Å². The molecule has 0 N–H and O–H groups in total. The van der Waals surface area contributed by atoms with Crippen molar-refractivity contribution in [1.29, 1.82) is 0 Å². The Labute approximate surface area is 126 Å². The van der Waals surface area contributed by atoms with Crippen LogP contribution in [0.4, 0.5) is 0 Å². The van der Waals surface area contributed by atoms with Crippen molar-refractivity contribution in [2.24, 2.45) is 5.92 Å². The van der Waals surface area contributed by atoms with Crippen molar-refractivity contribution in [3.8, 4) is 11.3 Å². The van der Waals surface area contributed by atoms with Crippen molar-refractivity contribution in [3.05, 3.63) is 66.2 Å². The molecule has 0 radical (unpaired) electrons. The normalized spacial score (nSPS) is 11.2. The quantitative estimate of drug-likeness (QED) is 0.613. The van der Waals surface area contributed by atoms with E-state index in [4.69, 9.17) is 4.98 Å². The number of fused-ring (bicyclic) bond motifs is 1. The second kappa shape index (κ2) is 6.09. The summed E-state index contributed by atoms with van der Waals surface area (Å²) in [4.78, 5) is 4.92. The molecule has 0 aliphatic heterocycles. The molecule has 1 aromatic heterocycles. The highest BCUT2D eigenvalue weighted by atomic mass is 14.7. The molecule has 0 saturated carbocycles. The molecule has 1 heterocycles. The number of hydrogen-bond acceptors (Lipinski definition) is 1. The van der Waals surface area contributed by atoms with E-state index in [1.807, 2.05) is 0 Å². The molecular weight excluding hydrogens is 254 g/mol. The smallest absolute Gasteiger partial charge is 0.0741 e. The average Bonchev–Trinajstić information content (AvgIpc) is 2.53. The minimum absolute atomic E-state index is 0.708. The fourth-order valence-corrected chi connectivity index (χ4v) is 2.64. The van der Waals surface area contributed by atoms with Crippen LogP contribution in [0.1, 0.15) is 25.8 Å². The molecule has 106 valence electrons. The third-order valence-electron chi connectivity index (χ3n) is 3.84. The number of hydrogen-bond donors (Lipinski definition) is 0. The fourth-order valence-electron chi connectivity index (χ4n) is 2.64. The number of para-hydroxylation sites is 1. The van der Waals surface area contributed by atoms with Crippen molar-refractivity contribution >= 4 is 10.9 Å². The third kappa shape index (κ3) is 3.13. The van der Waals surface area contributed by atoms with Crippen LogP contribution in [-0.4, -0.2) is 4.98 Å². The van der Waals surface area contributed by atoms with Crippen LogP contribution >= 0.6 is 0 Å². The lowest BCUT2D eigenvalue weighted by Crippen LogP contribution is -1.98. The minimum atomic E-state index is 0.708. The number of aromatic nitrogens is 1. The number of aryl methyl sites for hydroxylation is 1. The van der Waals surface area contributed by atoms with Gasteiger partial charge in [-0.25, -0.2) is 4.98 Å². The second-order valence-corrected chi connectivity index (χ2v) is 5.99. The Morgan fingerprint density at radius 3 is 2.38 bits per heavy atom. The molecule has 0 fully saturated rings. The highest BCUT2D eigenvalue weighted by Gasteiger charge is 2.09. The first kappa shape index (κ1) is 13.8. The van der Waals surface area contributed by atoms with Gasteiger partial charge < -0.3 is 0 Å². The standard InChI is InChI=1S/C20H21N/c1-15(2)12-13-18-14-17-10-6-7-11-19(17)21-20(18)16-8-4-3-5-9-16/h3-11,14-15H,12-13H2,1-2H3. The van der Waals surface area contributed by atoms with Gasteiger partial charge in [-0.2, -0.15) is 0 Å². The van der Waals surface area contributed by atoms with Crippen molar-refractivity contribution in [2.75, 3.05) is 0 Å². The zero-order valence-electron chi connectivity index (χ0n) is 12.7. The van der Waals surface area contributed by atoms with E-state index in [2.05, 4.69) is 74.5 Å². The van der Waals surface area contributed by atoms with Crippen molar-refractivity contribution in [2.45, 2.75) is 26.7 Å². The van der Waals surface area contributed by atoms with Gasteiger partial charge in [0.1, 0.15) is 0 Å². The molecule has 3 aromatic rings. The summed E-state index contributed by atoms with van der Waals surface area (Å²) < 4.78 is 0. The van der Waals surface area contributed by atoms with E-state index in [9.17, 15) is 0 Å². The summed E-state index contributed by atoms with van der Waals surface area (Å²) in [7, 11) is 0. The van der Waals surface area contributed by atoms with Gasteiger partial charge in [0.15, 0.2) is 0 Å². The summed E-state index contributed by atoms with van der Waals surface area (Å²) in [5, 5.41) is 1.23. The van der Waals surface area contributed by atoms with Crippen molar-refractivity contribution in [1.82, 2.24) is 4.98 Å². The molecule has 1 heteroatoms. The molecule has 0 amide bonds. The first-order chi connectivity index (χ1) is 10.2. The SMILES string of the molecule is CC(C)CCc1cc2ccccc2nc1-c1ccccc1. The van der Waals surface area contributed by atoms with E-state index in [1.165, 1.54) is 22.9 Å². The van der Waals surface area contributed by atoms with Gasteiger partial charge in [-0.1, -0.05) is 62.4 Å². The average molecular weight is 275 g/mol. The Kier molecular flexibility index (Phi) is 4.01. The van der Waals surface area contributed by atoms with Gasteiger partial charge in [0, 0.05) is 10.9 Å². The maximum absolute atomic E-state index is 4.92. The Bertz CT molecular complexity index is 729. The van der Waals surface area contributed by atoms with E-state index >= 15 is 0 Å². The highest BCUT2D eigenvalue weighted by Crippen LogP contribution is 2.27. The number of benzene rings is 2. The Hall–Kier alpha value is -2.15. The van der Waals surface area contributed by atoms with Gasteiger partial charge in [0.2, 0.25) is 0 Å². The van der Waals surface area contributed by atoms with E-state index in [-0.39, 0.29) is 0 Å². The van der Waals surface area contributed by atoms with Gasteiger partial charge in [0.25, 0.3) is 0 Å². The molecule has 0 spiro atoms. The molecule has 3 rings (SSSR count). The lowest BCUT2D eigenvalue weighted by molar-refractivity contribution is 0.587. The fraction of sp³-hybridized carbons (Fsp3) is 0.250. The summed E-state index contributed by atoms with van der Waals surface area (Å²) >= 11 is 0. The molecule has 0 aliphatic rings. The Morgan fingerprint density at radius 2 is 1.62 bits per heavy atom. The largest absolute Gasteiger partial charge is 0.248 e. The predicted molar refractivity (Wildman–Crippen MR) is 90.3 cm³/mol. The van der Waals surface area contributed by atoms with Gasteiger partial charge in [-0.05, 0) is 36.5 Å². The topological polar surface area (TPSA) is 12.9 Å². The maximum Gasteiger partial charge on any atom is 0.0741 e. The zero-order chi connectivity index (χ0) is 14.7. The molecule has 0 bridgehead atoms. The van der Waals surface area contributed by atoms with E-state index in [1.54, 1.807) is 0 Å². The summed E-state index contributed by atoms with van der Waals surface area (Å²) in [6.45, 7) is 4.55. The van der Waals surface area contributed by atoms with Gasteiger partial charge in [-0.3, -0.25) is 0 Å². The van der Waals surface area contributed by atoms with Crippen LogP contribution in [-0.2, 0) is 6.42 Å². The van der Waals surface area contributed by atoms with Crippen LogP contribution in [0.15, 0.2) is 60.7 Å². The van der Waals surface area contributed by atoms with Gasteiger partial charge in [0.05, 0.1) is 11.2 Å². The lowest BCUT2D eigenvalue weighted by Gasteiger charge is -2.12. The monoisotopic (exact) mass is 275 g/mol. The zero-order valence-corrected chi connectivity index (χ0v) is 12.7. The van der Waals surface area contributed by atoms with Crippen LogP contribution in [0, 0.1) is 5.92 Å². The van der Waals surface area contributed by atoms with Crippen molar-refractivity contribution in [3.63, 3.8) is 0 Å². The van der Waals surface area contributed by atoms with Gasteiger partial charge >= 0.3 is 0 Å². The van der Waals surface area contributed by atoms with E-state index in [0.29, 0.717) is 5.92 Å². The molecule has 0 unspecified atom stereocenters. The van der Waals surface area contributed by atoms with Gasteiger partial charge in [-0.15, -0.1) is 0 Å². The molecule has 0 atom stereocenters. The number of rotatable bonds is 4. The summed E-state index contributed by atoms with van der Waals surface area (Å²) in [6, 6.07) is 21.2. The van der Waals surface area contributed by atoms with E-state index in [0.717, 1.165) is 17.6 Å². The maximum atomic E-state index is 4.92. The molecule has 21 heavy (non-hydrogen) atoms. The van der Waals surface area contributed by atoms with Crippen LogP contribution in [0.5, 0.6) is 0 Å². The van der Waals surface area contributed by atoms with E-state index < -0.39 is 0 Å². The first-order valence-electron chi connectivity index (χ1n) is 7.68. The van der Waals surface area contributed by atoms with Crippen LogP contribution in [0.25, 0.3) is 22.2 Å². The molecule has 0 saturated heterocycles. The number of nitrogens with zero attached hydrogens (tertiary/aromatic N) is 1. The minimum Gasteiger partial charge on any atom is -0.248 e. The second-order valence-electron chi connectivity index (χ2n) is 5.99. The Balaban J connectivity index is 2.12.